The standard InChI is InChI=1S/C24H29N5O3S/c1-17(2)14-21(30)28-10-5-9-27(11-8-25-15-18-6-3-4-7-20(18)28)22(31)19-16-26-24-29(23(19)32)12-13-33-24/h3-4,6-7,12-13,16-17,25H,5,8-11,14-15H2,1-2H3. The summed E-state index contributed by atoms with van der Waals surface area (Å²) in [5, 5.41) is 5.16. The molecule has 2 aromatic heterocycles. The maximum absolute atomic E-state index is 13.3. The quantitative estimate of drug-likeness (QED) is 0.640. The van der Waals surface area contributed by atoms with E-state index in [4.69, 9.17) is 0 Å². The van der Waals surface area contributed by atoms with Crippen LogP contribution in [-0.4, -0.2) is 52.3 Å². The van der Waals surface area contributed by atoms with Crippen molar-refractivity contribution in [3.8, 4) is 0 Å². The van der Waals surface area contributed by atoms with E-state index in [2.05, 4.69) is 10.3 Å². The van der Waals surface area contributed by atoms with Crippen LogP contribution in [-0.2, 0) is 11.3 Å². The third kappa shape index (κ3) is 5.15. The number of carbonyl (C=O) groups is 2. The molecule has 1 N–H and O–H groups in total. The predicted octanol–water partition coefficient (Wildman–Crippen LogP) is 2.77. The van der Waals surface area contributed by atoms with Gasteiger partial charge >= 0.3 is 0 Å². The maximum atomic E-state index is 13.3. The molecule has 8 nitrogen and oxygen atoms in total. The zero-order chi connectivity index (χ0) is 23.4. The predicted molar refractivity (Wildman–Crippen MR) is 130 cm³/mol. The molecule has 33 heavy (non-hydrogen) atoms. The highest BCUT2D eigenvalue weighted by Gasteiger charge is 2.24. The molecule has 0 spiro atoms. The molecular weight excluding hydrogens is 438 g/mol. The lowest BCUT2D eigenvalue weighted by Gasteiger charge is -2.27. The first-order chi connectivity index (χ1) is 16.0. The van der Waals surface area contributed by atoms with E-state index >= 15 is 0 Å². The minimum absolute atomic E-state index is 0.0665. The molecule has 2 amide bonds. The molecule has 1 aliphatic heterocycles. The van der Waals surface area contributed by atoms with Crippen LogP contribution in [0.25, 0.3) is 4.96 Å². The highest BCUT2D eigenvalue weighted by atomic mass is 32.1. The average Bonchev–Trinajstić information content (AvgIpc) is 3.26. The fourth-order valence-corrected chi connectivity index (χ4v) is 4.75. The van der Waals surface area contributed by atoms with E-state index in [1.54, 1.807) is 16.5 Å². The fourth-order valence-electron chi connectivity index (χ4n) is 4.08. The lowest BCUT2D eigenvalue weighted by molar-refractivity contribution is -0.119. The van der Waals surface area contributed by atoms with Crippen molar-refractivity contribution in [2.45, 2.75) is 33.2 Å². The molecule has 0 bridgehead atoms. The molecule has 0 atom stereocenters. The molecule has 0 radical (unpaired) electrons. The first-order valence-electron chi connectivity index (χ1n) is 11.3. The number of nitrogens with zero attached hydrogens (tertiary/aromatic N) is 4. The zero-order valence-electron chi connectivity index (χ0n) is 19.0. The minimum atomic E-state index is -0.352. The number of benzene rings is 1. The maximum Gasteiger partial charge on any atom is 0.271 e. The molecule has 0 unspecified atom stereocenters. The Morgan fingerprint density at radius 3 is 2.82 bits per heavy atom. The summed E-state index contributed by atoms with van der Waals surface area (Å²) in [6.07, 6.45) is 4.09. The SMILES string of the molecule is CC(C)CC(=O)N1CCCN(C(=O)c2cnc3sccn3c2=O)CCNCc2ccccc21. The first-order valence-corrected chi connectivity index (χ1v) is 12.2. The number of fused-ring (bicyclic) bond motifs is 2. The number of hydrogen-bond acceptors (Lipinski definition) is 6. The van der Waals surface area contributed by atoms with Crippen LogP contribution in [0.2, 0.25) is 0 Å². The van der Waals surface area contributed by atoms with Crippen LogP contribution in [0.15, 0.2) is 46.8 Å². The van der Waals surface area contributed by atoms with Gasteiger partial charge in [-0.2, -0.15) is 0 Å². The lowest BCUT2D eigenvalue weighted by atomic mass is 10.1. The topological polar surface area (TPSA) is 87.0 Å². The smallest absolute Gasteiger partial charge is 0.271 e. The van der Waals surface area contributed by atoms with E-state index in [0.717, 1.165) is 11.3 Å². The second-order valence-corrected chi connectivity index (χ2v) is 9.50. The summed E-state index contributed by atoms with van der Waals surface area (Å²) in [5.41, 5.74) is 1.69. The number of carbonyl (C=O) groups excluding carboxylic acids is 2. The van der Waals surface area contributed by atoms with Crippen LogP contribution in [0, 0.1) is 5.92 Å². The van der Waals surface area contributed by atoms with Crippen LogP contribution in [0.4, 0.5) is 5.69 Å². The van der Waals surface area contributed by atoms with Gasteiger partial charge in [0.15, 0.2) is 4.96 Å². The second kappa shape index (κ2) is 10.3. The van der Waals surface area contributed by atoms with Crippen molar-refractivity contribution in [1.29, 1.82) is 0 Å². The van der Waals surface area contributed by atoms with E-state index in [1.807, 2.05) is 43.0 Å². The van der Waals surface area contributed by atoms with Gasteiger partial charge in [0.1, 0.15) is 5.56 Å². The van der Waals surface area contributed by atoms with Crippen LogP contribution >= 0.6 is 11.3 Å². The van der Waals surface area contributed by atoms with Crippen molar-refractivity contribution in [2.75, 3.05) is 31.1 Å². The zero-order valence-corrected chi connectivity index (χ0v) is 19.8. The van der Waals surface area contributed by atoms with E-state index in [1.165, 1.54) is 21.9 Å². The Labute approximate surface area is 196 Å². The van der Waals surface area contributed by atoms with Crippen LogP contribution in [0.1, 0.15) is 42.6 Å². The molecule has 9 heteroatoms. The largest absolute Gasteiger partial charge is 0.337 e. The van der Waals surface area contributed by atoms with Gasteiger partial charge in [-0.25, -0.2) is 4.98 Å². The van der Waals surface area contributed by atoms with Gasteiger partial charge in [-0.15, -0.1) is 11.3 Å². The number of hydrogen-bond donors (Lipinski definition) is 1. The first kappa shape index (κ1) is 23.1. The molecule has 0 aliphatic carbocycles. The van der Waals surface area contributed by atoms with Crippen LogP contribution < -0.4 is 15.8 Å². The lowest BCUT2D eigenvalue weighted by Crippen LogP contribution is -2.41. The highest BCUT2D eigenvalue weighted by Crippen LogP contribution is 2.23. The van der Waals surface area contributed by atoms with Gasteiger partial charge in [-0.1, -0.05) is 32.0 Å². The van der Waals surface area contributed by atoms with E-state index in [-0.39, 0.29) is 28.9 Å². The van der Waals surface area contributed by atoms with Gasteiger partial charge in [0.05, 0.1) is 0 Å². The number of amides is 2. The van der Waals surface area contributed by atoms with Crippen molar-refractivity contribution in [1.82, 2.24) is 19.6 Å². The molecule has 174 valence electrons. The number of nitrogens with one attached hydrogen (secondary N) is 1. The Morgan fingerprint density at radius 2 is 2.00 bits per heavy atom. The monoisotopic (exact) mass is 467 g/mol. The molecule has 1 aliphatic rings. The summed E-state index contributed by atoms with van der Waals surface area (Å²) in [7, 11) is 0. The third-order valence-electron chi connectivity index (χ3n) is 5.71. The van der Waals surface area contributed by atoms with Gasteiger partial charge in [0.2, 0.25) is 5.91 Å². The molecule has 0 saturated carbocycles. The van der Waals surface area contributed by atoms with E-state index in [9.17, 15) is 14.4 Å². The normalized spacial score (nSPS) is 15.4. The van der Waals surface area contributed by atoms with Crippen LogP contribution in [0.3, 0.4) is 0 Å². The number of thiazole rings is 1. The average molecular weight is 468 g/mol. The highest BCUT2D eigenvalue weighted by molar-refractivity contribution is 7.15. The number of para-hydroxylation sites is 1. The summed E-state index contributed by atoms with van der Waals surface area (Å²) in [4.78, 5) is 47.5. The molecule has 3 aromatic rings. The number of rotatable bonds is 3. The van der Waals surface area contributed by atoms with Crippen molar-refractivity contribution in [3.05, 3.63) is 63.5 Å². The van der Waals surface area contributed by atoms with Crippen LogP contribution in [0.5, 0.6) is 0 Å². The van der Waals surface area contributed by atoms with Gasteiger partial charge < -0.3 is 15.1 Å². The summed E-state index contributed by atoms with van der Waals surface area (Å²) in [5.74, 6) is 0.0122. The number of anilines is 1. The molecule has 3 heterocycles. The Balaban J connectivity index is 1.58. The van der Waals surface area contributed by atoms with Gasteiger partial charge in [-0.05, 0) is 24.0 Å². The fraction of sp³-hybridized carbons (Fsp3) is 0.417. The second-order valence-electron chi connectivity index (χ2n) is 8.63. The summed E-state index contributed by atoms with van der Waals surface area (Å²) in [6.45, 7) is 6.66. The Bertz CT molecular complexity index is 1200. The Hall–Kier alpha value is -3.04. The van der Waals surface area contributed by atoms with Crippen molar-refractivity contribution < 1.29 is 9.59 Å². The Kier molecular flexibility index (Phi) is 7.20. The van der Waals surface area contributed by atoms with Crippen molar-refractivity contribution in [2.24, 2.45) is 5.92 Å². The Morgan fingerprint density at radius 1 is 1.18 bits per heavy atom. The van der Waals surface area contributed by atoms with Gasteiger partial charge in [-0.3, -0.25) is 18.8 Å². The molecule has 1 aromatic carbocycles. The third-order valence-corrected chi connectivity index (χ3v) is 6.48. The minimum Gasteiger partial charge on any atom is -0.337 e. The van der Waals surface area contributed by atoms with E-state index in [0.29, 0.717) is 50.5 Å². The number of aromatic nitrogens is 2. The molecular formula is C24H29N5O3S. The molecule has 0 saturated heterocycles. The van der Waals surface area contributed by atoms with Gasteiger partial charge in [0, 0.05) is 62.6 Å². The summed E-state index contributed by atoms with van der Waals surface area (Å²) >= 11 is 1.35. The van der Waals surface area contributed by atoms with Gasteiger partial charge in [0.25, 0.3) is 11.5 Å². The summed E-state index contributed by atoms with van der Waals surface area (Å²) < 4.78 is 1.41. The molecule has 0 fully saturated rings. The molecule has 4 rings (SSSR count). The van der Waals surface area contributed by atoms with Crippen molar-refractivity contribution >= 4 is 33.8 Å². The van der Waals surface area contributed by atoms with Crippen molar-refractivity contribution in [3.63, 3.8) is 0 Å². The summed E-state index contributed by atoms with van der Waals surface area (Å²) in [6, 6.07) is 7.94. The van der Waals surface area contributed by atoms with E-state index < -0.39 is 0 Å².